The summed E-state index contributed by atoms with van der Waals surface area (Å²) in [6, 6.07) is 5.51. The van der Waals surface area contributed by atoms with Gasteiger partial charge in [-0.05, 0) is 37.8 Å². The zero-order valence-corrected chi connectivity index (χ0v) is 21.4. The molecule has 0 spiro atoms. The van der Waals surface area contributed by atoms with Crippen molar-refractivity contribution in [2.24, 2.45) is 5.92 Å². The van der Waals surface area contributed by atoms with Crippen LogP contribution in [0.15, 0.2) is 39.7 Å². The molecule has 0 saturated carbocycles. The number of unbranched alkanes of at least 4 members (excludes halogenated alkanes) is 1. The molecule has 8 heteroatoms. The van der Waals surface area contributed by atoms with Gasteiger partial charge < -0.3 is 14.3 Å². The molecule has 2 aromatic heterocycles. The van der Waals surface area contributed by atoms with Crippen LogP contribution >= 0.6 is 11.3 Å². The number of Topliss-reactive ketones (excluding diaryl/α,β-unsaturated/α-hetero) is 1. The van der Waals surface area contributed by atoms with Gasteiger partial charge in [0.2, 0.25) is 0 Å². The minimum absolute atomic E-state index is 0.0873. The molecule has 1 amide bonds. The monoisotopic (exact) mass is 489 g/mol. The van der Waals surface area contributed by atoms with Crippen molar-refractivity contribution in [1.29, 1.82) is 0 Å². The van der Waals surface area contributed by atoms with E-state index in [2.05, 4.69) is 23.0 Å². The Morgan fingerprint density at radius 3 is 2.65 bits per heavy atom. The van der Waals surface area contributed by atoms with Crippen molar-refractivity contribution >= 4 is 23.2 Å². The van der Waals surface area contributed by atoms with Gasteiger partial charge in [-0.15, -0.1) is 11.3 Å². The van der Waals surface area contributed by atoms with Gasteiger partial charge in [0, 0.05) is 39.8 Å². The number of ether oxygens (including phenoxy) is 1. The molecule has 2 rings (SSSR count). The van der Waals surface area contributed by atoms with Gasteiger partial charge in [-0.1, -0.05) is 40.2 Å². The van der Waals surface area contributed by atoms with E-state index in [-0.39, 0.29) is 23.1 Å². The van der Waals surface area contributed by atoms with Crippen LogP contribution in [0.3, 0.4) is 0 Å². The van der Waals surface area contributed by atoms with Gasteiger partial charge in [0.1, 0.15) is 17.1 Å². The molecular weight excluding hydrogens is 454 g/mol. The van der Waals surface area contributed by atoms with Crippen LogP contribution in [0.2, 0.25) is 0 Å². The fraction of sp³-hybridized carbons (Fsp3) is 0.500. The molecule has 2 aromatic rings. The molecule has 2 N–H and O–H groups in total. The molecule has 0 radical (unpaired) electrons. The molecule has 0 bridgehead atoms. The van der Waals surface area contributed by atoms with E-state index >= 15 is 0 Å². The van der Waals surface area contributed by atoms with Crippen molar-refractivity contribution in [3.8, 4) is 5.75 Å². The second kappa shape index (κ2) is 13.1. The number of allylic oxidation sites excluding steroid dienone is 1. The zero-order valence-electron chi connectivity index (χ0n) is 20.6. The number of rotatable bonds is 12. The number of ketones is 1. The minimum Gasteiger partial charge on any atom is -0.507 e. The Morgan fingerprint density at radius 1 is 1.26 bits per heavy atom. The van der Waals surface area contributed by atoms with Crippen LogP contribution in [0.4, 0.5) is 4.79 Å². The second-order valence-corrected chi connectivity index (χ2v) is 9.76. The van der Waals surface area contributed by atoms with Gasteiger partial charge in [-0.25, -0.2) is 9.59 Å². The number of hydrogen-bond donors (Lipinski definition) is 2. The van der Waals surface area contributed by atoms with Gasteiger partial charge >= 0.3 is 11.7 Å². The molecule has 7 nitrogen and oxygen atoms in total. The van der Waals surface area contributed by atoms with E-state index in [1.165, 1.54) is 24.3 Å². The van der Waals surface area contributed by atoms with Crippen LogP contribution in [-0.2, 0) is 11.2 Å². The summed E-state index contributed by atoms with van der Waals surface area (Å²) in [5.41, 5.74) is -1.11. The summed E-state index contributed by atoms with van der Waals surface area (Å²) >= 11 is 1.70. The van der Waals surface area contributed by atoms with Crippen molar-refractivity contribution in [1.82, 2.24) is 5.32 Å². The highest BCUT2D eigenvalue weighted by atomic mass is 32.1. The van der Waals surface area contributed by atoms with Crippen LogP contribution in [-0.4, -0.2) is 24.1 Å². The average Bonchev–Trinajstić information content (AvgIpc) is 3.29. The Kier molecular flexibility index (Phi) is 10.6. The zero-order chi connectivity index (χ0) is 25.3. The maximum absolute atomic E-state index is 13.1. The number of hydrogen-bond acceptors (Lipinski definition) is 7. The molecule has 2 heterocycles. The van der Waals surface area contributed by atoms with Gasteiger partial charge in [0.15, 0.2) is 5.78 Å². The van der Waals surface area contributed by atoms with Gasteiger partial charge in [0.25, 0.3) is 0 Å². The minimum atomic E-state index is -0.816. The Bertz CT molecular complexity index is 1050. The summed E-state index contributed by atoms with van der Waals surface area (Å²) in [6.45, 7) is 7.76. The molecule has 186 valence electrons. The first-order valence-corrected chi connectivity index (χ1v) is 12.5. The number of amides is 1. The van der Waals surface area contributed by atoms with Crippen molar-refractivity contribution in [2.75, 3.05) is 7.11 Å². The van der Waals surface area contributed by atoms with Crippen molar-refractivity contribution in [3.05, 3.63) is 62.0 Å². The molecule has 0 aliphatic heterocycles. The fourth-order valence-electron chi connectivity index (χ4n) is 3.55. The Morgan fingerprint density at radius 2 is 2.00 bits per heavy atom. The number of aromatic hydroxyl groups is 1. The third-order valence-corrected chi connectivity index (χ3v) is 7.37. The van der Waals surface area contributed by atoms with Crippen LogP contribution in [0.5, 0.6) is 5.75 Å². The summed E-state index contributed by atoms with van der Waals surface area (Å²) in [5.74, 6) is -1.20. The van der Waals surface area contributed by atoms with Gasteiger partial charge in [0.05, 0.1) is 7.11 Å². The van der Waals surface area contributed by atoms with E-state index < -0.39 is 23.4 Å². The van der Waals surface area contributed by atoms with Crippen LogP contribution in [0, 0.1) is 5.92 Å². The molecule has 0 aliphatic rings. The van der Waals surface area contributed by atoms with Gasteiger partial charge in [-0.2, -0.15) is 0 Å². The van der Waals surface area contributed by atoms with E-state index in [1.807, 2.05) is 19.9 Å². The maximum Gasteiger partial charge on any atom is 0.410 e. The van der Waals surface area contributed by atoms with Crippen molar-refractivity contribution in [2.45, 2.75) is 71.6 Å². The number of thiophene rings is 1. The second-order valence-electron chi connectivity index (χ2n) is 8.56. The first-order chi connectivity index (χ1) is 16.2. The third-order valence-electron chi connectivity index (χ3n) is 6.02. The standard InChI is InChI=1S/C26H35NO6S/c1-6-7-11-19-12-13-22(34-19)17(3)18(4)24(29)23-20(28)15-21(33-25(23)30)16(2)10-8-9-14-27-26(31)32-5/h9,12-18,28H,6-8,10-11H2,1-5H3,(H,27,31)/b14-9+/t16?,17-,18?/m0/s1. The Hall–Kier alpha value is -2.87. The molecule has 0 aliphatic carbocycles. The summed E-state index contributed by atoms with van der Waals surface area (Å²) in [7, 11) is 1.28. The largest absolute Gasteiger partial charge is 0.507 e. The van der Waals surface area contributed by atoms with Crippen molar-refractivity contribution in [3.63, 3.8) is 0 Å². The number of carbonyl (C=O) groups is 2. The SMILES string of the molecule is CCCCc1ccc([C@@H](C)C(C)C(=O)c2c(O)cc(C(C)CC/C=C/NC(=O)OC)oc2=O)s1. The van der Waals surface area contributed by atoms with Crippen LogP contribution < -0.4 is 10.9 Å². The smallest absolute Gasteiger partial charge is 0.410 e. The normalized spacial score (nSPS) is 14.0. The molecule has 0 fully saturated rings. The van der Waals surface area contributed by atoms with E-state index in [9.17, 15) is 19.5 Å². The predicted molar refractivity (Wildman–Crippen MR) is 134 cm³/mol. The predicted octanol–water partition coefficient (Wildman–Crippen LogP) is 6.13. The van der Waals surface area contributed by atoms with Crippen LogP contribution in [0.1, 0.15) is 91.1 Å². The summed E-state index contributed by atoms with van der Waals surface area (Å²) in [5, 5.41) is 13.0. The first-order valence-electron chi connectivity index (χ1n) is 11.7. The molecule has 0 aromatic carbocycles. The van der Waals surface area contributed by atoms with E-state index in [4.69, 9.17) is 4.42 Å². The van der Waals surface area contributed by atoms with Gasteiger partial charge in [-0.3, -0.25) is 10.1 Å². The highest BCUT2D eigenvalue weighted by Crippen LogP contribution is 2.34. The maximum atomic E-state index is 13.1. The topological polar surface area (TPSA) is 106 Å². The Balaban J connectivity index is 2.07. The van der Waals surface area contributed by atoms with Crippen LogP contribution in [0.25, 0.3) is 0 Å². The summed E-state index contributed by atoms with van der Waals surface area (Å²) in [4.78, 5) is 39.2. The van der Waals surface area contributed by atoms with E-state index in [0.717, 1.165) is 24.1 Å². The lowest BCUT2D eigenvalue weighted by Gasteiger charge is -2.18. The van der Waals surface area contributed by atoms with Crippen molar-refractivity contribution < 1.29 is 23.8 Å². The molecule has 3 atom stereocenters. The molecular formula is C26H35NO6S. The average molecular weight is 490 g/mol. The highest BCUT2D eigenvalue weighted by molar-refractivity contribution is 7.12. The fourth-order valence-corrected chi connectivity index (χ4v) is 4.76. The summed E-state index contributed by atoms with van der Waals surface area (Å²) in [6.07, 6.45) is 7.18. The highest BCUT2D eigenvalue weighted by Gasteiger charge is 2.29. The van der Waals surface area contributed by atoms with E-state index in [1.54, 1.807) is 24.3 Å². The lowest BCUT2D eigenvalue weighted by molar-refractivity contribution is 0.0908. The quantitative estimate of drug-likeness (QED) is 0.348. The number of alkyl carbamates (subject to hydrolysis) is 1. The third kappa shape index (κ3) is 7.32. The summed E-state index contributed by atoms with van der Waals surface area (Å²) < 4.78 is 9.89. The lowest BCUT2D eigenvalue weighted by atomic mass is 9.87. The Labute approximate surface area is 204 Å². The first kappa shape index (κ1) is 27.4. The lowest BCUT2D eigenvalue weighted by Crippen LogP contribution is -2.24. The number of nitrogens with one attached hydrogen (secondary N) is 1. The molecule has 34 heavy (non-hydrogen) atoms. The van der Waals surface area contributed by atoms with E-state index in [0.29, 0.717) is 18.6 Å². The molecule has 2 unspecified atom stereocenters. The number of methoxy groups -OCH3 is 1. The number of aryl methyl sites for hydroxylation is 1. The molecule has 0 saturated heterocycles. The number of carbonyl (C=O) groups excluding carboxylic acids is 2.